The Balaban J connectivity index is 1.96. The molecule has 2 rings (SSSR count). The molecular weight excluding hydrogens is 254 g/mol. The number of rotatable bonds is 5. The number of anilines is 1. The summed E-state index contributed by atoms with van der Waals surface area (Å²) in [6.45, 7) is 3.96. The van der Waals surface area contributed by atoms with Crippen molar-refractivity contribution in [3.8, 4) is 0 Å². The van der Waals surface area contributed by atoms with Crippen LogP contribution in [0.2, 0.25) is 0 Å². The number of aryl methyl sites for hydroxylation is 1. The van der Waals surface area contributed by atoms with Crippen molar-refractivity contribution < 1.29 is 14.6 Å². The lowest BCUT2D eigenvalue weighted by Gasteiger charge is -2.31. The molecule has 1 atom stereocenters. The quantitative estimate of drug-likeness (QED) is 0.866. The second-order valence-electron chi connectivity index (χ2n) is 4.28. The number of aliphatic carboxylic acids is 1. The van der Waals surface area contributed by atoms with Crippen molar-refractivity contribution in [3.05, 3.63) is 5.82 Å². The van der Waals surface area contributed by atoms with Crippen LogP contribution < -0.4 is 4.90 Å². The average Bonchev–Trinajstić information content (AvgIpc) is 2.78. The lowest BCUT2D eigenvalue weighted by Crippen LogP contribution is -2.43. The summed E-state index contributed by atoms with van der Waals surface area (Å²) < 4.78 is 9.73. The van der Waals surface area contributed by atoms with Crippen LogP contribution in [0.3, 0.4) is 0 Å². The first-order valence-corrected chi connectivity index (χ1v) is 6.87. The van der Waals surface area contributed by atoms with E-state index >= 15 is 0 Å². The minimum absolute atomic E-state index is 0.0388. The van der Waals surface area contributed by atoms with E-state index < -0.39 is 5.97 Å². The van der Waals surface area contributed by atoms with Crippen LogP contribution in [0.5, 0.6) is 0 Å². The third kappa shape index (κ3) is 3.39. The predicted molar refractivity (Wildman–Crippen MR) is 68.1 cm³/mol. The summed E-state index contributed by atoms with van der Waals surface area (Å²) in [5.74, 6) is 0.0459. The molecule has 1 fully saturated rings. The van der Waals surface area contributed by atoms with Gasteiger partial charge in [-0.3, -0.25) is 4.79 Å². The minimum Gasteiger partial charge on any atom is -0.481 e. The summed E-state index contributed by atoms with van der Waals surface area (Å²) in [6.07, 6.45) is 1.70. The van der Waals surface area contributed by atoms with Gasteiger partial charge in [0.25, 0.3) is 0 Å². The van der Waals surface area contributed by atoms with E-state index in [1.165, 1.54) is 11.5 Å². The van der Waals surface area contributed by atoms with Gasteiger partial charge in [-0.2, -0.15) is 4.37 Å². The molecule has 0 radical (unpaired) electrons. The molecule has 0 spiro atoms. The van der Waals surface area contributed by atoms with Crippen molar-refractivity contribution >= 4 is 22.6 Å². The summed E-state index contributed by atoms with van der Waals surface area (Å²) in [4.78, 5) is 17.2. The van der Waals surface area contributed by atoms with E-state index in [0.717, 1.165) is 30.3 Å². The average molecular weight is 271 g/mol. The van der Waals surface area contributed by atoms with E-state index in [4.69, 9.17) is 9.84 Å². The largest absolute Gasteiger partial charge is 0.481 e. The first-order chi connectivity index (χ1) is 8.69. The molecule has 1 aromatic rings. The van der Waals surface area contributed by atoms with Gasteiger partial charge in [-0.15, -0.1) is 0 Å². The molecule has 18 heavy (non-hydrogen) atoms. The van der Waals surface area contributed by atoms with Crippen LogP contribution in [0, 0.1) is 0 Å². The highest BCUT2D eigenvalue weighted by Gasteiger charge is 2.24. The first kappa shape index (κ1) is 13.2. The molecule has 1 N–H and O–H groups in total. The van der Waals surface area contributed by atoms with Crippen molar-refractivity contribution in [2.75, 3.05) is 24.6 Å². The molecule has 0 amide bonds. The van der Waals surface area contributed by atoms with Gasteiger partial charge in [-0.05, 0) is 6.42 Å². The summed E-state index contributed by atoms with van der Waals surface area (Å²) in [5, 5.41) is 9.65. The third-order valence-corrected chi connectivity index (χ3v) is 3.56. The number of carbonyl (C=O) groups is 1. The number of carboxylic acids is 1. The highest BCUT2D eigenvalue weighted by atomic mass is 32.1. The van der Waals surface area contributed by atoms with Crippen molar-refractivity contribution in [3.63, 3.8) is 0 Å². The zero-order valence-electron chi connectivity index (χ0n) is 10.3. The van der Waals surface area contributed by atoms with E-state index in [-0.39, 0.29) is 12.5 Å². The molecule has 6 nitrogen and oxygen atoms in total. The van der Waals surface area contributed by atoms with Crippen LogP contribution >= 0.6 is 11.5 Å². The fraction of sp³-hybridized carbons (Fsp3) is 0.727. The number of nitrogens with zero attached hydrogens (tertiary/aromatic N) is 3. The topological polar surface area (TPSA) is 75.6 Å². The fourth-order valence-electron chi connectivity index (χ4n) is 1.91. The standard InChI is InChI=1S/C11H17N3O3S/c1-2-3-9-12-11(18-13-9)14-4-5-17-8(7-14)6-10(15)16/h8H,2-7H2,1H3,(H,15,16). The number of aromatic nitrogens is 2. The number of ether oxygens (including phenoxy) is 1. The second-order valence-corrected chi connectivity index (χ2v) is 5.01. The van der Waals surface area contributed by atoms with Crippen LogP contribution in [0.15, 0.2) is 0 Å². The highest BCUT2D eigenvalue weighted by molar-refractivity contribution is 7.09. The van der Waals surface area contributed by atoms with Crippen molar-refractivity contribution in [2.45, 2.75) is 32.3 Å². The zero-order valence-corrected chi connectivity index (χ0v) is 11.2. The number of hydrogen-bond acceptors (Lipinski definition) is 6. The highest BCUT2D eigenvalue weighted by Crippen LogP contribution is 2.21. The SMILES string of the molecule is CCCc1nsc(N2CCOC(CC(=O)O)C2)n1. The Morgan fingerprint density at radius 1 is 1.67 bits per heavy atom. The van der Waals surface area contributed by atoms with Gasteiger partial charge in [-0.1, -0.05) is 6.92 Å². The van der Waals surface area contributed by atoms with Gasteiger partial charge in [0.05, 0.1) is 19.1 Å². The summed E-state index contributed by atoms with van der Waals surface area (Å²) in [7, 11) is 0. The molecule has 1 aliphatic rings. The zero-order chi connectivity index (χ0) is 13.0. The number of hydrogen-bond donors (Lipinski definition) is 1. The van der Waals surface area contributed by atoms with E-state index in [1.807, 2.05) is 0 Å². The maximum absolute atomic E-state index is 10.7. The van der Waals surface area contributed by atoms with Crippen LogP contribution in [-0.4, -0.2) is 46.2 Å². The monoisotopic (exact) mass is 271 g/mol. The van der Waals surface area contributed by atoms with Gasteiger partial charge in [-0.25, -0.2) is 4.98 Å². The van der Waals surface area contributed by atoms with E-state index in [2.05, 4.69) is 21.2 Å². The summed E-state index contributed by atoms with van der Waals surface area (Å²) >= 11 is 1.38. The molecule has 1 unspecified atom stereocenters. The molecule has 1 saturated heterocycles. The molecule has 0 bridgehead atoms. The maximum atomic E-state index is 10.7. The molecule has 0 aliphatic carbocycles. The number of morpholine rings is 1. The molecule has 1 aromatic heterocycles. The Morgan fingerprint density at radius 2 is 2.50 bits per heavy atom. The molecular formula is C11H17N3O3S. The molecule has 0 saturated carbocycles. The van der Waals surface area contributed by atoms with Crippen LogP contribution in [-0.2, 0) is 16.0 Å². The summed E-state index contributed by atoms with van der Waals surface area (Å²) in [5.41, 5.74) is 0. The Labute approximate surface area is 110 Å². The summed E-state index contributed by atoms with van der Waals surface area (Å²) in [6, 6.07) is 0. The Hall–Kier alpha value is -1.21. The van der Waals surface area contributed by atoms with Gasteiger partial charge in [0, 0.05) is 31.0 Å². The molecule has 7 heteroatoms. The van der Waals surface area contributed by atoms with E-state index in [9.17, 15) is 4.79 Å². The number of carboxylic acid groups (broad SMARTS) is 1. The van der Waals surface area contributed by atoms with Crippen molar-refractivity contribution in [1.29, 1.82) is 0 Å². The molecule has 1 aliphatic heterocycles. The lowest BCUT2D eigenvalue weighted by molar-refractivity contribution is -0.140. The van der Waals surface area contributed by atoms with Crippen LogP contribution in [0.1, 0.15) is 25.6 Å². The normalized spacial score (nSPS) is 20.1. The third-order valence-electron chi connectivity index (χ3n) is 2.74. The molecule has 0 aromatic carbocycles. The smallest absolute Gasteiger partial charge is 0.306 e. The first-order valence-electron chi connectivity index (χ1n) is 6.10. The Kier molecular flexibility index (Phi) is 4.48. The second kappa shape index (κ2) is 6.10. The molecule has 100 valence electrons. The van der Waals surface area contributed by atoms with Gasteiger partial charge in [0.15, 0.2) is 0 Å². The van der Waals surface area contributed by atoms with Crippen molar-refractivity contribution in [1.82, 2.24) is 9.36 Å². The van der Waals surface area contributed by atoms with Gasteiger partial charge in [0.2, 0.25) is 5.13 Å². The van der Waals surface area contributed by atoms with Crippen LogP contribution in [0.25, 0.3) is 0 Å². The van der Waals surface area contributed by atoms with Crippen LogP contribution in [0.4, 0.5) is 5.13 Å². The molecule has 2 heterocycles. The lowest BCUT2D eigenvalue weighted by atomic mass is 10.2. The minimum atomic E-state index is -0.828. The maximum Gasteiger partial charge on any atom is 0.306 e. The van der Waals surface area contributed by atoms with E-state index in [1.54, 1.807) is 0 Å². The Morgan fingerprint density at radius 3 is 3.22 bits per heavy atom. The van der Waals surface area contributed by atoms with Gasteiger partial charge in [0.1, 0.15) is 5.82 Å². The van der Waals surface area contributed by atoms with Gasteiger partial charge >= 0.3 is 5.97 Å². The fourth-order valence-corrected chi connectivity index (χ4v) is 2.66. The van der Waals surface area contributed by atoms with Crippen molar-refractivity contribution in [2.24, 2.45) is 0 Å². The van der Waals surface area contributed by atoms with Gasteiger partial charge < -0.3 is 14.7 Å². The predicted octanol–water partition coefficient (Wildman–Crippen LogP) is 1.17. The Bertz CT molecular complexity index is 410. The van der Waals surface area contributed by atoms with E-state index in [0.29, 0.717) is 13.2 Å².